The molecule has 0 aromatic heterocycles. The number of unbranched alkanes of at least 4 members (excludes halogenated alkanes) is 24. The second kappa shape index (κ2) is 32.4. The van der Waals surface area contributed by atoms with Crippen molar-refractivity contribution in [1.82, 2.24) is 0 Å². The number of carbonyl (C=O) groups excluding carboxylic acids is 2. The van der Waals surface area contributed by atoms with Crippen LogP contribution in [0.4, 0.5) is 0 Å². The minimum Gasteiger partial charge on any atom is -0.463 e. The van der Waals surface area contributed by atoms with Crippen LogP contribution in [0.3, 0.4) is 0 Å². The molecule has 5 heteroatoms. The number of aliphatic hydroxyl groups excluding tert-OH is 1. The Hall–Kier alpha value is -1.10. The molecule has 0 aromatic carbocycles. The molecule has 40 heavy (non-hydrogen) atoms. The molecule has 0 rings (SSSR count). The Bertz CT molecular complexity index is 536. The first-order valence-electron chi connectivity index (χ1n) is 17.6. The first-order valence-corrected chi connectivity index (χ1v) is 17.6. The molecule has 0 saturated heterocycles. The fraction of sp³-hybridized carbons (Fsp3) is 0.943. The summed E-state index contributed by atoms with van der Waals surface area (Å²) in [5.74, 6) is -0.555. The van der Waals surface area contributed by atoms with E-state index in [9.17, 15) is 14.7 Å². The summed E-state index contributed by atoms with van der Waals surface area (Å²) < 4.78 is 10.3. The maximum Gasteiger partial charge on any atom is 0.305 e. The SMILES string of the molecule is CCCCCCCCCCCCCCCCCC(=O)OC[C@H](O)COC(=O)CCCCCCCCCCCCC. The monoisotopic (exact) mass is 569 g/mol. The van der Waals surface area contributed by atoms with Gasteiger partial charge in [0.25, 0.3) is 0 Å². The Morgan fingerprint density at radius 1 is 0.425 bits per heavy atom. The third-order valence-electron chi connectivity index (χ3n) is 7.84. The highest BCUT2D eigenvalue weighted by molar-refractivity contribution is 5.69. The lowest BCUT2D eigenvalue weighted by atomic mass is 10.0. The van der Waals surface area contributed by atoms with Gasteiger partial charge in [0, 0.05) is 12.8 Å². The minimum atomic E-state index is -0.953. The lowest BCUT2D eigenvalue weighted by molar-refractivity contribution is -0.152. The van der Waals surface area contributed by atoms with Gasteiger partial charge in [-0.2, -0.15) is 0 Å². The van der Waals surface area contributed by atoms with Crippen LogP contribution >= 0.6 is 0 Å². The molecule has 0 aliphatic carbocycles. The average Bonchev–Trinajstić information content (AvgIpc) is 2.95. The van der Waals surface area contributed by atoms with E-state index in [2.05, 4.69) is 13.8 Å². The molecule has 0 saturated carbocycles. The van der Waals surface area contributed by atoms with E-state index in [1.807, 2.05) is 0 Å². The molecule has 0 aliphatic heterocycles. The Balaban J connectivity index is 3.39. The summed E-state index contributed by atoms with van der Waals surface area (Å²) in [4.78, 5) is 23.8. The van der Waals surface area contributed by atoms with Gasteiger partial charge in [-0.1, -0.05) is 168 Å². The standard InChI is InChI=1S/C35H68O5/c1-3-5-7-9-11-13-15-16-17-18-20-22-24-26-28-30-35(38)40-32-33(36)31-39-34(37)29-27-25-23-21-19-14-12-10-8-6-4-2/h33,36H,3-32H2,1-2H3/t33-/m1/s1. The van der Waals surface area contributed by atoms with Gasteiger partial charge in [-0.15, -0.1) is 0 Å². The predicted molar refractivity (Wildman–Crippen MR) is 169 cm³/mol. The highest BCUT2D eigenvalue weighted by Gasteiger charge is 2.12. The van der Waals surface area contributed by atoms with Crippen molar-refractivity contribution in [2.75, 3.05) is 13.2 Å². The molecule has 0 radical (unpaired) electrons. The zero-order valence-corrected chi connectivity index (χ0v) is 26.9. The number of hydrogen-bond acceptors (Lipinski definition) is 5. The maximum absolute atomic E-state index is 11.9. The molecule has 0 unspecified atom stereocenters. The van der Waals surface area contributed by atoms with E-state index in [0.717, 1.165) is 25.7 Å². The van der Waals surface area contributed by atoms with Crippen LogP contribution in [-0.4, -0.2) is 36.4 Å². The minimum absolute atomic E-state index is 0.108. The highest BCUT2D eigenvalue weighted by Crippen LogP contribution is 2.14. The molecule has 0 amide bonds. The molecule has 1 N–H and O–H groups in total. The molecule has 0 heterocycles. The van der Waals surface area contributed by atoms with Crippen molar-refractivity contribution in [2.24, 2.45) is 0 Å². The van der Waals surface area contributed by atoms with Crippen LogP contribution in [0.5, 0.6) is 0 Å². The average molecular weight is 569 g/mol. The molecular formula is C35H68O5. The Morgan fingerprint density at radius 3 is 0.900 bits per heavy atom. The Morgan fingerprint density at radius 2 is 0.650 bits per heavy atom. The fourth-order valence-corrected chi connectivity index (χ4v) is 5.14. The zero-order valence-electron chi connectivity index (χ0n) is 26.9. The normalized spacial score (nSPS) is 12.0. The van der Waals surface area contributed by atoms with Crippen LogP contribution in [0.1, 0.15) is 194 Å². The largest absolute Gasteiger partial charge is 0.463 e. The maximum atomic E-state index is 11.9. The highest BCUT2D eigenvalue weighted by atomic mass is 16.6. The van der Waals surface area contributed by atoms with E-state index in [4.69, 9.17) is 9.47 Å². The van der Waals surface area contributed by atoms with Gasteiger partial charge in [0.1, 0.15) is 19.3 Å². The van der Waals surface area contributed by atoms with Crippen molar-refractivity contribution in [2.45, 2.75) is 200 Å². The first kappa shape index (κ1) is 38.9. The number of aliphatic hydroxyl groups is 1. The van der Waals surface area contributed by atoms with Crippen LogP contribution in [-0.2, 0) is 19.1 Å². The van der Waals surface area contributed by atoms with Crippen molar-refractivity contribution in [3.63, 3.8) is 0 Å². The summed E-state index contributed by atoms with van der Waals surface area (Å²) in [6.07, 6.45) is 32.9. The number of esters is 2. The van der Waals surface area contributed by atoms with Gasteiger partial charge in [-0.3, -0.25) is 9.59 Å². The number of hydrogen-bond donors (Lipinski definition) is 1. The van der Waals surface area contributed by atoms with Gasteiger partial charge >= 0.3 is 11.9 Å². The number of rotatable bonds is 32. The van der Waals surface area contributed by atoms with E-state index >= 15 is 0 Å². The van der Waals surface area contributed by atoms with Crippen molar-refractivity contribution in [1.29, 1.82) is 0 Å². The molecule has 1 atom stereocenters. The second-order valence-electron chi connectivity index (χ2n) is 12.0. The lowest BCUT2D eigenvalue weighted by Crippen LogP contribution is -2.25. The first-order chi connectivity index (χ1) is 19.6. The van der Waals surface area contributed by atoms with Crippen LogP contribution in [0, 0.1) is 0 Å². The van der Waals surface area contributed by atoms with Crippen molar-refractivity contribution in [3.05, 3.63) is 0 Å². The summed E-state index contributed by atoms with van der Waals surface area (Å²) in [6.45, 7) is 4.30. The summed E-state index contributed by atoms with van der Waals surface area (Å²) in [5.41, 5.74) is 0. The van der Waals surface area contributed by atoms with Crippen molar-refractivity contribution in [3.8, 4) is 0 Å². The van der Waals surface area contributed by atoms with Gasteiger partial charge < -0.3 is 14.6 Å². The van der Waals surface area contributed by atoms with Gasteiger partial charge in [0.05, 0.1) is 0 Å². The number of carbonyl (C=O) groups is 2. The third kappa shape index (κ3) is 31.4. The van der Waals surface area contributed by atoms with Gasteiger partial charge in [0.2, 0.25) is 0 Å². The smallest absolute Gasteiger partial charge is 0.305 e. The van der Waals surface area contributed by atoms with Crippen molar-refractivity contribution >= 4 is 11.9 Å². The third-order valence-corrected chi connectivity index (χ3v) is 7.84. The molecule has 0 fully saturated rings. The van der Waals surface area contributed by atoms with E-state index in [0.29, 0.717) is 12.8 Å². The molecular weight excluding hydrogens is 500 g/mol. The van der Waals surface area contributed by atoms with Gasteiger partial charge in [-0.25, -0.2) is 0 Å². The summed E-state index contributed by atoms with van der Waals surface area (Å²) in [7, 11) is 0. The second-order valence-corrected chi connectivity index (χ2v) is 12.0. The van der Waals surface area contributed by atoms with Crippen molar-refractivity contribution < 1.29 is 24.2 Å². The molecule has 5 nitrogen and oxygen atoms in total. The zero-order chi connectivity index (χ0) is 29.4. The van der Waals surface area contributed by atoms with Gasteiger partial charge in [-0.05, 0) is 12.8 Å². The van der Waals surface area contributed by atoms with Crippen LogP contribution in [0.15, 0.2) is 0 Å². The Labute approximate surface area is 248 Å². The van der Waals surface area contributed by atoms with Crippen LogP contribution < -0.4 is 0 Å². The van der Waals surface area contributed by atoms with Gasteiger partial charge in [0.15, 0.2) is 0 Å². The molecule has 238 valence electrons. The van der Waals surface area contributed by atoms with E-state index in [1.165, 1.54) is 141 Å². The van der Waals surface area contributed by atoms with E-state index < -0.39 is 6.10 Å². The molecule has 0 aromatic rings. The van der Waals surface area contributed by atoms with Crippen LogP contribution in [0.25, 0.3) is 0 Å². The lowest BCUT2D eigenvalue weighted by Gasteiger charge is -2.12. The summed E-state index contributed by atoms with van der Waals surface area (Å²) in [5, 5.41) is 9.96. The molecule has 0 spiro atoms. The fourth-order valence-electron chi connectivity index (χ4n) is 5.14. The summed E-state index contributed by atoms with van der Waals surface area (Å²) >= 11 is 0. The molecule has 0 bridgehead atoms. The Kier molecular flexibility index (Phi) is 31.5. The predicted octanol–water partition coefficient (Wildman–Crippen LogP) is 10.4. The number of ether oxygens (including phenoxy) is 2. The molecule has 0 aliphatic rings. The summed E-state index contributed by atoms with van der Waals surface area (Å²) in [6, 6.07) is 0. The quantitative estimate of drug-likeness (QED) is 0.0645. The van der Waals surface area contributed by atoms with Crippen LogP contribution in [0.2, 0.25) is 0 Å². The van der Waals surface area contributed by atoms with E-state index in [1.54, 1.807) is 0 Å². The topological polar surface area (TPSA) is 72.8 Å². The van der Waals surface area contributed by atoms with E-state index in [-0.39, 0.29) is 25.2 Å².